The summed E-state index contributed by atoms with van der Waals surface area (Å²) >= 11 is 0. The third kappa shape index (κ3) is 2.63. The molecule has 1 unspecified atom stereocenters. The average Bonchev–Trinajstić information content (AvgIpc) is 3.26. The number of rotatable bonds is 2. The van der Waals surface area contributed by atoms with Gasteiger partial charge < -0.3 is 0 Å². The van der Waals surface area contributed by atoms with Crippen molar-refractivity contribution >= 4 is 0 Å². The molecule has 1 fully saturated rings. The highest BCUT2D eigenvalue weighted by molar-refractivity contribution is 5.38. The van der Waals surface area contributed by atoms with Gasteiger partial charge in [-0.1, -0.05) is 60.4 Å². The van der Waals surface area contributed by atoms with Gasteiger partial charge in [0.15, 0.2) is 0 Å². The van der Waals surface area contributed by atoms with Crippen LogP contribution in [0, 0.1) is 17.8 Å². The van der Waals surface area contributed by atoms with Crippen molar-refractivity contribution in [3.05, 3.63) is 71.8 Å². The highest BCUT2D eigenvalue weighted by Gasteiger charge is 2.30. The molecule has 1 aliphatic carbocycles. The topological polar surface area (TPSA) is 0 Å². The summed E-state index contributed by atoms with van der Waals surface area (Å²) in [5.41, 5.74) is 2.47. The standard InChI is InChI=1S/C18H16/c1-3-7-15(8-4-1)11-14-18(17-12-13-17)16-9-5-2-6-10-16/h1-10,17-18H,12-13H2. The lowest BCUT2D eigenvalue weighted by Gasteiger charge is -2.08. The van der Waals surface area contributed by atoms with E-state index in [0.29, 0.717) is 5.92 Å². The first-order valence-corrected chi connectivity index (χ1v) is 6.55. The van der Waals surface area contributed by atoms with Crippen molar-refractivity contribution in [2.75, 3.05) is 0 Å². The normalized spacial score (nSPS) is 15.6. The highest BCUT2D eigenvalue weighted by Crippen LogP contribution is 2.42. The second kappa shape index (κ2) is 5.10. The summed E-state index contributed by atoms with van der Waals surface area (Å²) in [4.78, 5) is 0. The van der Waals surface area contributed by atoms with Crippen molar-refractivity contribution in [2.45, 2.75) is 18.8 Å². The van der Waals surface area contributed by atoms with Crippen LogP contribution >= 0.6 is 0 Å². The zero-order valence-corrected chi connectivity index (χ0v) is 10.3. The van der Waals surface area contributed by atoms with Crippen molar-refractivity contribution in [3.8, 4) is 11.8 Å². The zero-order valence-electron chi connectivity index (χ0n) is 10.3. The fourth-order valence-electron chi connectivity index (χ4n) is 2.25. The maximum atomic E-state index is 3.46. The molecular formula is C18H16. The van der Waals surface area contributed by atoms with Gasteiger partial charge in [0.2, 0.25) is 0 Å². The Labute approximate surface area is 109 Å². The molecule has 0 bridgehead atoms. The van der Waals surface area contributed by atoms with Crippen LogP contribution < -0.4 is 0 Å². The lowest BCUT2D eigenvalue weighted by molar-refractivity contribution is 0.749. The summed E-state index contributed by atoms with van der Waals surface area (Å²) in [5.74, 6) is 7.95. The van der Waals surface area contributed by atoms with Crippen molar-refractivity contribution in [2.24, 2.45) is 5.92 Å². The molecule has 0 amide bonds. The van der Waals surface area contributed by atoms with Gasteiger partial charge in [-0.15, -0.1) is 0 Å². The summed E-state index contributed by atoms with van der Waals surface area (Å²) in [6.07, 6.45) is 2.64. The van der Waals surface area contributed by atoms with Crippen LogP contribution in [0.3, 0.4) is 0 Å². The molecule has 0 heterocycles. The summed E-state index contributed by atoms with van der Waals surface area (Å²) in [6, 6.07) is 20.9. The van der Waals surface area contributed by atoms with E-state index in [4.69, 9.17) is 0 Å². The first-order valence-electron chi connectivity index (χ1n) is 6.55. The minimum absolute atomic E-state index is 0.409. The molecule has 0 heteroatoms. The molecule has 3 rings (SSSR count). The monoisotopic (exact) mass is 232 g/mol. The molecule has 0 saturated heterocycles. The summed E-state index contributed by atoms with van der Waals surface area (Å²) < 4.78 is 0. The Morgan fingerprint density at radius 2 is 1.44 bits per heavy atom. The molecule has 1 atom stereocenters. The van der Waals surface area contributed by atoms with E-state index in [0.717, 1.165) is 11.5 Å². The van der Waals surface area contributed by atoms with Crippen LogP contribution in [-0.2, 0) is 0 Å². The molecule has 18 heavy (non-hydrogen) atoms. The van der Waals surface area contributed by atoms with Crippen LogP contribution in [0.4, 0.5) is 0 Å². The predicted molar refractivity (Wildman–Crippen MR) is 75.2 cm³/mol. The highest BCUT2D eigenvalue weighted by atomic mass is 14.3. The van der Waals surface area contributed by atoms with E-state index < -0.39 is 0 Å². The van der Waals surface area contributed by atoms with Gasteiger partial charge in [-0.3, -0.25) is 0 Å². The van der Waals surface area contributed by atoms with Gasteiger partial charge in [0.1, 0.15) is 0 Å². The Morgan fingerprint density at radius 1 is 0.833 bits per heavy atom. The lowest BCUT2D eigenvalue weighted by atomic mass is 9.94. The number of benzene rings is 2. The Morgan fingerprint density at radius 3 is 2.06 bits per heavy atom. The second-order valence-electron chi connectivity index (χ2n) is 4.86. The van der Waals surface area contributed by atoms with E-state index >= 15 is 0 Å². The fourth-order valence-corrected chi connectivity index (χ4v) is 2.25. The summed E-state index contributed by atoms with van der Waals surface area (Å²) in [6.45, 7) is 0. The minimum atomic E-state index is 0.409. The minimum Gasteiger partial charge on any atom is -0.0894 e. The molecule has 0 spiro atoms. The van der Waals surface area contributed by atoms with E-state index in [9.17, 15) is 0 Å². The molecule has 0 aliphatic heterocycles. The van der Waals surface area contributed by atoms with Crippen molar-refractivity contribution < 1.29 is 0 Å². The van der Waals surface area contributed by atoms with Crippen LogP contribution in [-0.4, -0.2) is 0 Å². The maximum absolute atomic E-state index is 3.46. The number of hydrogen-bond acceptors (Lipinski definition) is 0. The molecule has 1 aliphatic rings. The molecule has 2 aromatic carbocycles. The van der Waals surface area contributed by atoms with Crippen LogP contribution in [0.25, 0.3) is 0 Å². The quantitative estimate of drug-likeness (QED) is 0.680. The molecular weight excluding hydrogens is 216 g/mol. The Hall–Kier alpha value is -2.00. The van der Waals surface area contributed by atoms with Crippen LogP contribution in [0.15, 0.2) is 60.7 Å². The largest absolute Gasteiger partial charge is 0.0894 e. The van der Waals surface area contributed by atoms with Gasteiger partial charge in [-0.2, -0.15) is 0 Å². The summed E-state index contributed by atoms with van der Waals surface area (Å²) in [7, 11) is 0. The Kier molecular flexibility index (Phi) is 3.15. The molecule has 2 aromatic rings. The molecule has 0 nitrogen and oxygen atoms in total. The van der Waals surface area contributed by atoms with Gasteiger partial charge in [0, 0.05) is 11.5 Å². The maximum Gasteiger partial charge on any atom is 0.0484 e. The fraction of sp³-hybridized carbons (Fsp3) is 0.222. The van der Waals surface area contributed by atoms with Crippen LogP contribution in [0.1, 0.15) is 29.9 Å². The second-order valence-corrected chi connectivity index (χ2v) is 4.86. The van der Waals surface area contributed by atoms with E-state index in [1.807, 2.05) is 18.2 Å². The first kappa shape index (κ1) is 11.1. The zero-order chi connectivity index (χ0) is 12.2. The lowest BCUT2D eigenvalue weighted by Crippen LogP contribution is -1.97. The third-order valence-electron chi connectivity index (χ3n) is 3.40. The van der Waals surface area contributed by atoms with Gasteiger partial charge in [-0.25, -0.2) is 0 Å². The first-order chi connectivity index (χ1) is 8.93. The van der Waals surface area contributed by atoms with E-state index in [1.54, 1.807) is 0 Å². The van der Waals surface area contributed by atoms with Gasteiger partial charge >= 0.3 is 0 Å². The van der Waals surface area contributed by atoms with Crippen LogP contribution in [0.2, 0.25) is 0 Å². The number of hydrogen-bond donors (Lipinski definition) is 0. The van der Waals surface area contributed by atoms with Crippen molar-refractivity contribution in [1.29, 1.82) is 0 Å². The molecule has 0 N–H and O–H groups in total. The summed E-state index contributed by atoms with van der Waals surface area (Å²) in [5, 5.41) is 0. The Bertz CT molecular complexity index is 553. The van der Waals surface area contributed by atoms with Gasteiger partial charge in [-0.05, 0) is 36.5 Å². The molecule has 1 saturated carbocycles. The Balaban J connectivity index is 1.86. The predicted octanol–water partition coefficient (Wildman–Crippen LogP) is 4.23. The van der Waals surface area contributed by atoms with Crippen molar-refractivity contribution in [1.82, 2.24) is 0 Å². The third-order valence-corrected chi connectivity index (χ3v) is 3.40. The van der Waals surface area contributed by atoms with E-state index in [-0.39, 0.29) is 0 Å². The smallest absolute Gasteiger partial charge is 0.0484 e. The molecule has 88 valence electrons. The van der Waals surface area contributed by atoms with Crippen LogP contribution in [0.5, 0.6) is 0 Å². The molecule has 0 aromatic heterocycles. The van der Waals surface area contributed by atoms with Gasteiger partial charge in [0.25, 0.3) is 0 Å². The van der Waals surface area contributed by atoms with E-state index in [1.165, 1.54) is 18.4 Å². The van der Waals surface area contributed by atoms with Gasteiger partial charge in [0.05, 0.1) is 0 Å². The van der Waals surface area contributed by atoms with Crippen molar-refractivity contribution in [3.63, 3.8) is 0 Å². The average molecular weight is 232 g/mol. The van der Waals surface area contributed by atoms with E-state index in [2.05, 4.69) is 54.3 Å². The molecule has 0 radical (unpaired) electrons. The SMILES string of the molecule is C(#CC(c1ccccc1)C1CC1)c1ccccc1.